The molecule has 0 aromatic rings. The van der Waals surface area contributed by atoms with Gasteiger partial charge >= 0.3 is 6.18 Å². The van der Waals surface area contributed by atoms with Crippen LogP contribution < -0.4 is 5.32 Å². The van der Waals surface area contributed by atoms with E-state index in [4.69, 9.17) is 0 Å². The molecule has 1 nitrogen and oxygen atoms in total. The summed E-state index contributed by atoms with van der Waals surface area (Å²) in [7, 11) is 0. The number of hydrogen-bond donors (Lipinski definition) is 1. The lowest BCUT2D eigenvalue weighted by Crippen LogP contribution is -2.35. The predicted molar refractivity (Wildman–Crippen MR) is 63.8 cm³/mol. The molecule has 1 N–H and O–H groups in total. The molecule has 0 spiro atoms. The van der Waals surface area contributed by atoms with Crippen molar-refractivity contribution in [1.82, 2.24) is 5.32 Å². The third kappa shape index (κ3) is 5.75. The number of halogens is 3. The third-order valence-electron chi connectivity index (χ3n) is 3.83. The maximum Gasteiger partial charge on any atom is 0.401 e. The van der Waals surface area contributed by atoms with Gasteiger partial charge in [0, 0.05) is 0 Å². The van der Waals surface area contributed by atoms with Crippen LogP contribution in [0.5, 0.6) is 0 Å². The van der Waals surface area contributed by atoms with E-state index in [9.17, 15) is 13.2 Å². The van der Waals surface area contributed by atoms with E-state index in [1.54, 1.807) is 0 Å². The highest BCUT2D eigenvalue weighted by molar-refractivity contribution is 4.81. The molecule has 0 unspecified atom stereocenters. The Balaban J connectivity index is 2.20. The number of hydrogen-bond acceptors (Lipinski definition) is 1. The van der Waals surface area contributed by atoms with E-state index < -0.39 is 12.7 Å². The minimum Gasteiger partial charge on any atom is -0.308 e. The van der Waals surface area contributed by atoms with Gasteiger partial charge in [0.2, 0.25) is 0 Å². The van der Waals surface area contributed by atoms with E-state index in [-0.39, 0.29) is 0 Å². The number of nitrogens with one attached hydrogen (secondary N) is 1. The highest BCUT2D eigenvalue weighted by Gasteiger charge is 2.30. The van der Waals surface area contributed by atoms with E-state index >= 15 is 0 Å². The van der Waals surface area contributed by atoms with Crippen LogP contribution in [0.25, 0.3) is 0 Å². The first-order valence-corrected chi connectivity index (χ1v) is 6.46. The highest BCUT2D eigenvalue weighted by atomic mass is 19.4. The summed E-state index contributed by atoms with van der Waals surface area (Å²) in [5, 5.41) is 2.52. The van der Waals surface area contributed by atoms with Crippen LogP contribution in [0.1, 0.15) is 46.5 Å². The van der Waals surface area contributed by atoms with Crippen LogP contribution in [0.3, 0.4) is 0 Å². The standard InChI is InChI=1S/C13H24F3N/c1-12(2,3)11-6-4-10(5-7-11)8-17-9-13(14,15)16/h10-11,17H,4-9H2,1-3H3. The first kappa shape index (κ1) is 14.8. The van der Waals surface area contributed by atoms with E-state index in [2.05, 4.69) is 26.1 Å². The van der Waals surface area contributed by atoms with Gasteiger partial charge in [0.15, 0.2) is 0 Å². The SMILES string of the molecule is CC(C)(C)C1CCC(CNCC(F)(F)F)CC1. The molecule has 0 aliphatic heterocycles. The molecule has 0 aromatic heterocycles. The third-order valence-corrected chi connectivity index (χ3v) is 3.83. The van der Waals surface area contributed by atoms with E-state index in [0.29, 0.717) is 17.9 Å². The summed E-state index contributed by atoms with van der Waals surface area (Å²) in [5.41, 5.74) is 0.338. The smallest absolute Gasteiger partial charge is 0.308 e. The van der Waals surface area contributed by atoms with Crippen molar-refractivity contribution in [1.29, 1.82) is 0 Å². The van der Waals surface area contributed by atoms with Crippen LogP contribution in [0.15, 0.2) is 0 Å². The lowest BCUT2D eigenvalue weighted by molar-refractivity contribution is -0.125. The number of alkyl halides is 3. The summed E-state index contributed by atoms with van der Waals surface area (Å²) < 4.78 is 35.9. The minimum absolute atomic E-state index is 0.338. The molecule has 1 aliphatic carbocycles. The Hall–Kier alpha value is -0.250. The van der Waals surface area contributed by atoms with E-state index in [1.807, 2.05) is 0 Å². The fraction of sp³-hybridized carbons (Fsp3) is 1.00. The van der Waals surface area contributed by atoms with Crippen molar-refractivity contribution in [3.63, 3.8) is 0 Å². The van der Waals surface area contributed by atoms with Gasteiger partial charge in [0.25, 0.3) is 0 Å². The van der Waals surface area contributed by atoms with Crippen LogP contribution in [0.4, 0.5) is 13.2 Å². The average molecular weight is 251 g/mol. The Morgan fingerprint density at radius 3 is 1.94 bits per heavy atom. The van der Waals surface area contributed by atoms with Gasteiger partial charge in [0.05, 0.1) is 6.54 Å². The molecule has 1 rings (SSSR count). The second-order valence-corrected chi connectivity index (χ2v) is 6.33. The lowest BCUT2D eigenvalue weighted by Gasteiger charge is -2.37. The molecule has 1 saturated carbocycles. The molecular formula is C13H24F3N. The Morgan fingerprint density at radius 1 is 1.00 bits per heavy atom. The van der Waals surface area contributed by atoms with Crippen molar-refractivity contribution in [3.05, 3.63) is 0 Å². The summed E-state index contributed by atoms with van der Waals surface area (Å²) in [6.07, 6.45) is 0.353. The summed E-state index contributed by atoms with van der Waals surface area (Å²) in [4.78, 5) is 0. The minimum atomic E-state index is -4.08. The zero-order chi connectivity index (χ0) is 13.1. The summed E-state index contributed by atoms with van der Waals surface area (Å²) in [5.74, 6) is 1.15. The molecule has 0 radical (unpaired) electrons. The second-order valence-electron chi connectivity index (χ2n) is 6.33. The zero-order valence-corrected chi connectivity index (χ0v) is 11.0. The van der Waals surface area contributed by atoms with Crippen LogP contribution in [0.2, 0.25) is 0 Å². The Morgan fingerprint density at radius 2 is 1.53 bits per heavy atom. The van der Waals surface area contributed by atoms with E-state index in [1.165, 1.54) is 0 Å². The molecule has 0 amide bonds. The average Bonchev–Trinajstić information content (AvgIpc) is 2.15. The quantitative estimate of drug-likeness (QED) is 0.799. The predicted octanol–water partition coefficient (Wildman–Crippen LogP) is 3.99. The van der Waals surface area contributed by atoms with Crippen molar-refractivity contribution in [2.45, 2.75) is 52.6 Å². The van der Waals surface area contributed by atoms with Crippen molar-refractivity contribution >= 4 is 0 Å². The molecule has 0 atom stereocenters. The topological polar surface area (TPSA) is 12.0 Å². The van der Waals surface area contributed by atoms with Gasteiger partial charge < -0.3 is 5.32 Å². The molecule has 0 aromatic carbocycles. The normalized spacial score (nSPS) is 27.2. The Bertz CT molecular complexity index is 219. The van der Waals surface area contributed by atoms with Gasteiger partial charge in [-0.3, -0.25) is 0 Å². The van der Waals surface area contributed by atoms with Gasteiger partial charge in [-0.1, -0.05) is 20.8 Å². The van der Waals surface area contributed by atoms with Crippen LogP contribution in [0, 0.1) is 17.3 Å². The zero-order valence-electron chi connectivity index (χ0n) is 11.0. The Labute approximate surface area is 102 Å². The lowest BCUT2D eigenvalue weighted by atomic mass is 9.70. The fourth-order valence-corrected chi connectivity index (χ4v) is 2.65. The summed E-state index contributed by atoms with van der Waals surface area (Å²) >= 11 is 0. The van der Waals surface area contributed by atoms with Gasteiger partial charge in [-0.15, -0.1) is 0 Å². The maximum atomic E-state index is 12.0. The molecule has 1 fully saturated rings. The fourth-order valence-electron chi connectivity index (χ4n) is 2.65. The molecule has 4 heteroatoms. The molecule has 17 heavy (non-hydrogen) atoms. The molecule has 0 saturated heterocycles. The summed E-state index contributed by atoms with van der Waals surface area (Å²) in [6, 6.07) is 0. The van der Waals surface area contributed by atoms with Gasteiger partial charge in [0.1, 0.15) is 0 Å². The maximum absolute atomic E-state index is 12.0. The van der Waals surface area contributed by atoms with Crippen LogP contribution in [-0.4, -0.2) is 19.3 Å². The van der Waals surface area contributed by atoms with Gasteiger partial charge in [-0.05, 0) is 49.5 Å². The van der Waals surface area contributed by atoms with Crippen molar-refractivity contribution in [3.8, 4) is 0 Å². The molecule has 102 valence electrons. The second kappa shape index (κ2) is 5.59. The van der Waals surface area contributed by atoms with Crippen LogP contribution in [-0.2, 0) is 0 Å². The largest absolute Gasteiger partial charge is 0.401 e. The molecular weight excluding hydrogens is 227 g/mol. The van der Waals surface area contributed by atoms with Gasteiger partial charge in [-0.25, -0.2) is 0 Å². The van der Waals surface area contributed by atoms with Crippen molar-refractivity contribution in [2.24, 2.45) is 17.3 Å². The highest BCUT2D eigenvalue weighted by Crippen LogP contribution is 2.39. The Kier molecular flexibility index (Phi) is 4.87. The summed E-state index contributed by atoms with van der Waals surface area (Å²) in [6.45, 7) is 6.41. The van der Waals surface area contributed by atoms with Crippen molar-refractivity contribution < 1.29 is 13.2 Å². The monoisotopic (exact) mass is 251 g/mol. The van der Waals surface area contributed by atoms with Crippen LogP contribution >= 0.6 is 0 Å². The first-order chi connectivity index (χ1) is 7.68. The van der Waals surface area contributed by atoms with Crippen molar-refractivity contribution in [2.75, 3.05) is 13.1 Å². The molecule has 0 bridgehead atoms. The first-order valence-electron chi connectivity index (χ1n) is 6.46. The molecule has 1 aliphatic rings. The molecule has 0 heterocycles. The number of rotatable bonds is 3. The van der Waals surface area contributed by atoms with Gasteiger partial charge in [-0.2, -0.15) is 13.2 Å². The van der Waals surface area contributed by atoms with E-state index in [0.717, 1.165) is 31.6 Å².